The highest BCUT2D eigenvalue weighted by Crippen LogP contribution is 2.35. The Hall–Kier alpha value is -0.650. The van der Waals surface area contributed by atoms with Crippen molar-refractivity contribution < 1.29 is 0 Å². The fraction of sp³-hybridized carbons (Fsp3) is 0.357. The molecule has 1 atom stereocenters. The van der Waals surface area contributed by atoms with Crippen molar-refractivity contribution in [1.82, 2.24) is 15.2 Å². The predicted octanol–water partition coefficient (Wildman–Crippen LogP) is 3.44. The Balaban J connectivity index is 2.00. The van der Waals surface area contributed by atoms with Crippen molar-refractivity contribution in [2.45, 2.75) is 6.04 Å². The third-order valence-electron chi connectivity index (χ3n) is 3.47. The van der Waals surface area contributed by atoms with Gasteiger partial charge in [-0.25, -0.2) is 4.98 Å². The third kappa shape index (κ3) is 3.00. The van der Waals surface area contributed by atoms with Gasteiger partial charge in [0.1, 0.15) is 10.3 Å². The summed E-state index contributed by atoms with van der Waals surface area (Å²) in [6.07, 6.45) is 0. The molecule has 0 radical (unpaired) electrons. The zero-order valence-electron chi connectivity index (χ0n) is 10.9. The number of rotatable bonds is 3. The molecule has 3 heterocycles. The first-order valence-electron chi connectivity index (χ1n) is 6.56. The zero-order chi connectivity index (χ0) is 13.9. The number of pyridine rings is 1. The molecule has 0 aromatic carbocycles. The summed E-state index contributed by atoms with van der Waals surface area (Å²) in [5.41, 5.74) is 1.03. The lowest BCUT2D eigenvalue weighted by molar-refractivity contribution is 0.200. The summed E-state index contributed by atoms with van der Waals surface area (Å²) in [6, 6.07) is 8.19. The maximum Gasteiger partial charge on any atom is 0.135 e. The summed E-state index contributed by atoms with van der Waals surface area (Å²) in [7, 11) is 0. The topological polar surface area (TPSA) is 28.2 Å². The molecule has 0 aliphatic carbocycles. The Labute approximate surface area is 132 Å². The Morgan fingerprint density at radius 2 is 2.00 bits per heavy atom. The standard InChI is InChI=1S/C14H15Cl2N3S/c15-12-4-3-10(14(16)18-12)13(11-2-1-9-20-11)19-7-5-17-6-8-19/h1-4,9,13,17H,5-8H2/t13-/m0/s1. The maximum atomic E-state index is 6.33. The lowest BCUT2D eigenvalue weighted by Gasteiger charge is -2.34. The molecule has 2 aromatic heterocycles. The lowest BCUT2D eigenvalue weighted by Crippen LogP contribution is -2.45. The minimum Gasteiger partial charge on any atom is -0.314 e. The molecule has 1 N–H and O–H groups in total. The van der Waals surface area contributed by atoms with Crippen LogP contribution in [0.5, 0.6) is 0 Å². The fourth-order valence-corrected chi connectivity index (χ4v) is 3.87. The number of hydrogen-bond donors (Lipinski definition) is 1. The molecule has 0 bridgehead atoms. The molecule has 1 aliphatic rings. The molecule has 1 fully saturated rings. The van der Waals surface area contributed by atoms with Gasteiger partial charge in [0.15, 0.2) is 0 Å². The van der Waals surface area contributed by atoms with Crippen LogP contribution in [0.25, 0.3) is 0 Å². The normalized spacial score (nSPS) is 18.1. The number of nitrogens with zero attached hydrogens (tertiary/aromatic N) is 2. The van der Waals surface area contributed by atoms with E-state index >= 15 is 0 Å². The Kier molecular flexibility index (Phi) is 4.58. The minimum absolute atomic E-state index is 0.161. The van der Waals surface area contributed by atoms with Crippen LogP contribution in [0.4, 0.5) is 0 Å². The van der Waals surface area contributed by atoms with Crippen LogP contribution in [0, 0.1) is 0 Å². The quantitative estimate of drug-likeness (QED) is 0.875. The number of piperazine rings is 1. The highest BCUT2D eigenvalue weighted by molar-refractivity contribution is 7.10. The highest BCUT2D eigenvalue weighted by Gasteiger charge is 2.26. The van der Waals surface area contributed by atoms with E-state index in [0.29, 0.717) is 10.3 Å². The first-order chi connectivity index (χ1) is 9.75. The summed E-state index contributed by atoms with van der Waals surface area (Å²) in [4.78, 5) is 7.93. The van der Waals surface area contributed by atoms with Gasteiger partial charge in [0.2, 0.25) is 0 Å². The smallest absolute Gasteiger partial charge is 0.135 e. The van der Waals surface area contributed by atoms with Gasteiger partial charge in [-0.2, -0.15) is 0 Å². The summed E-state index contributed by atoms with van der Waals surface area (Å²) in [5, 5.41) is 6.41. The van der Waals surface area contributed by atoms with E-state index in [1.807, 2.05) is 12.1 Å². The summed E-state index contributed by atoms with van der Waals surface area (Å²) in [5.74, 6) is 0. The molecule has 1 aliphatic heterocycles. The number of nitrogens with one attached hydrogen (secondary N) is 1. The van der Waals surface area contributed by atoms with Gasteiger partial charge >= 0.3 is 0 Å². The second-order valence-corrected chi connectivity index (χ2v) is 6.44. The van der Waals surface area contributed by atoms with Crippen molar-refractivity contribution in [3.8, 4) is 0 Å². The van der Waals surface area contributed by atoms with Crippen molar-refractivity contribution in [2.24, 2.45) is 0 Å². The molecule has 6 heteroatoms. The van der Waals surface area contributed by atoms with Crippen molar-refractivity contribution >= 4 is 34.5 Å². The number of thiophene rings is 1. The molecule has 0 unspecified atom stereocenters. The molecule has 0 spiro atoms. The Bertz CT molecular complexity index is 568. The molecule has 0 amide bonds. The van der Waals surface area contributed by atoms with Crippen LogP contribution in [-0.4, -0.2) is 36.1 Å². The van der Waals surface area contributed by atoms with Crippen LogP contribution in [0.1, 0.15) is 16.5 Å². The molecule has 3 rings (SSSR count). The fourth-order valence-electron chi connectivity index (χ4n) is 2.54. The van der Waals surface area contributed by atoms with Crippen LogP contribution in [0.15, 0.2) is 29.6 Å². The highest BCUT2D eigenvalue weighted by atomic mass is 35.5. The van der Waals surface area contributed by atoms with Gasteiger partial charge in [0.05, 0.1) is 6.04 Å². The molecule has 1 saturated heterocycles. The van der Waals surface area contributed by atoms with Crippen molar-refractivity contribution in [1.29, 1.82) is 0 Å². The van der Waals surface area contributed by atoms with Gasteiger partial charge in [0, 0.05) is 36.6 Å². The van der Waals surface area contributed by atoms with Crippen LogP contribution in [0.3, 0.4) is 0 Å². The lowest BCUT2D eigenvalue weighted by atomic mass is 10.0. The van der Waals surface area contributed by atoms with Crippen molar-refractivity contribution in [3.63, 3.8) is 0 Å². The van der Waals surface area contributed by atoms with Gasteiger partial charge in [-0.05, 0) is 17.5 Å². The van der Waals surface area contributed by atoms with Crippen molar-refractivity contribution in [3.05, 3.63) is 50.4 Å². The van der Waals surface area contributed by atoms with Gasteiger partial charge in [0.25, 0.3) is 0 Å². The summed E-state index contributed by atoms with van der Waals surface area (Å²) >= 11 is 14.0. The number of aromatic nitrogens is 1. The van der Waals surface area contributed by atoms with E-state index in [1.54, 1.807) is 11.3 Å². The molecule has 0 saturated carbocycles. The van der Waals surface area contributed by atoms with E-state index < -0.39 is 0 Å². The monoisotopic (exact) mass is 327 g/mol. The maximum absolute atomic E-state index is 6.33. The van der Waals surface area contributed by atoms with Gasteiger partial charge in [-0.3, -0.25) is 4.90 Å². The van der Waals surface area contributed by atoms with Gasteiger partial charge < -0.3 is 5.32 Å². The SMILES string of the molecule is Clc1ccc([C@@H](c2cccs2)N2CCNCC2)c(Cl)n1. The second kappa shape index (κ2) is 6.41. The number of halogens is 2. The van der Waals surface area contributed by atoms with E-state index in [0.717, 1.165) is 31.7 Å². The van der Waals surface area contributed by atoms with E-state index in [1.165, 1.54) is 4.88 Å². The molecule has 3 nitrogen and oxygen atoms in total. The van der Waals surface area contributed by atoms with E-state index in [9.17, 15) is 0 Å². The first kappa shape index (κ1) is 14.3. The first-order valence-corrected chi connectivity index (χ1v) is 8.19. The van der Waals surface area contributed by atoms with Gasteiger partial charge in [-0.15, -0.1) is 11.3 Å². The summed E-state index contributed by atoms with van der Waals surface area (Å²) in [6.45, 7) is 4.00. The minimum atomic E-state index is 0.161. The second-order valence-electron chi connectivity index (χ2n) is 4.72. The van der Waals surface area contributed by atoms with Crippen molar-refractivity contribution in [2.75, 3.05) is 26.2 Å². The molecule has 20 heavy (non-hydrogen) atoms. The molecule has 106 valence electrons. The Morgan fingerprint density at radius 3 is 2.65 bits per heavy atom. The largest absolute Gasteiger partial charge is 0.314 e. The molecular formula is C14H15Cl2N3S. The van der Waals surface area contributed by atoms with Crippen LogP contribution >= 0.6 is 34.5 Å². The third-order valence-corrected chi connectivity index (χ3v) is 4.91. The van der Waals surface area contributed by atoms with Gasteiger partial charge in [-0.1, -0.05) is 35.3 Å². The Morgan fingerprint density at radius 1 is 1.20 bits per heavy atom. The average molecular weight is 328 g/mol. The molecular weight excluding hydrogens is 313 g/mol. The average Bonchev–Trinajstić information content (AvgIpc) is 2.97. The van der Waals surface area contributed by atoms with E-state index in [2.05, 4.69) is 32.7 Å². The number of hydrogen-bond acceptors (Lipinski definition) is 4. The van der Waals surface area contributed by atoms with E-state index in [4.69, 9.17) is 23.2 Å². The van der Waals surface area contributed by atoms with Crippen LogP contribution in [-0.2, 0) is 0 Å². The van der Waals surface area contributed by atoms with E-state index in [-0.39, 0.29) is 6.04 Å². The zero-order valence-corrected chi connectivity index (χ0v) is 13.2. The van der Waals surface area contributed by atoms with Crippen LogP contribution in [0.2, 0.25) is 10.3 Å². The van der Waals surface area contributed by atoms with Crippen LogP contribution < -0.4 is 5.32 Å². The summed E-state index contributed by atoms with van der Waals surface area (Å²) < 4.78 is 0. The predicted molar refractivity (Wildman–Crippen MR) is 84.9 cm³/mol. The molecule has 2 aromatic rings.